The zero-order chi connectivity index (χ0) is 25.2. The number of aromatic nitrogens is 4. The topological polar surface area (TPSA) is 128 Å². The number of Topliss-reactive ketones (excluding diaryl/α,β-unsaturated/α-hetero) is 1. The summed E-state index contributed by atoms with van der Waals surface area (Å²) in [4.78, 5) is 42.4. The number of allylic oxidation sites excluding steroid dienone is 1. The number of carbonyl (C=O) groups is 1. The first-order chi connectivity index (χ1) is 17.4. The summed E-state index contributed by atoms with van der Waals surface area (Å²) in [6.07, 6.45) is 4.73. The monoisotopic (exact) mass is 489 g/mol. The first kappa shape index (κ1) is 23.1. The Bertz CT molecular complexity index is 1550. The number of aliphatic imine (C=N–C) groups is 1. The number of nitrogens with one attached hydrogen (secondary N) is 4. The number of hydrogen-bond acceptors (Lipinski definition) is 7. The van der Waals surface area contributed by atoms with E-state index in [0.29, 0.717) is 34.8 Å². The van der Waals surface area contributed by atoms with Crippen molar-refractivity contribution in [2.24, 2.45) is 4.99 Å². The van der Waals surface area contributed by atoms with Gasteiger partial charge in [-0.05, 0) is 37.1 Å². The van der Waals surface area contributed by atoms with E-state index in [1.165, 1.54) is 36.9 Å². The highest BCUT2D eigenvalue weighted by atomic mass is 19.1. The molecule has 11 heteroatoms. The summed E-state index contributed by atoms with van der Waals surface area (Å²) in [6.45, 7) is 1.88. The molecule has 4 N–H and O–H groups in total. The quantitative estimate of drug-likeness (QED) is 0.231. The second kappa shape index (κ2) is 9.53. The minimum Gasteiger partial charge on any atom is -0.363 e. The van der Waals surface area contributed by atoms with Crippen LogP contribution in [0.2, 0.25) is 0 Å². The van der Waals surface area contributed by atoms with Crippen LogP contribution in [0.15, 0.2) is 76.4 Å². The van der Waals surface area contributed by atoms with Crippen LogP contribution >= 0.6 is 0 Å². The molecule has 4 heterocycles. The molecule has 5 rings (SSSR count). The van der Waals surface area contributed by atoms with Gasteiger partial charge in [0, 0.05) is 30.9 Å². The van der Waals surface area contributed by atoms with Crippen LogP contribution in [0, 0.1) is 5.82 Å². The molecular weight excluding hydrogens is 468 g/mol. The van der Waals surface area contributed by atoms with Crippen LogP contribution < -0.4 is 16.2 Å². The van der Waals surface area contributed by atoms with Crippen molar-refractivity contribution in [1.29, 1.82) is 0 Å². The first-order valence-corrected chi connectivity index (χ1v) is 11.2. The van der Waals surface area contributed by atoms with Gasteiger partial charge in [-0.1, -0.05) is 12.1 Å². The first-order valence-electron chi connectivity index (χ1n) is 11.2. The molecule has 9 nitrogen and oxygen atoms in total. The number of fused-ring (bicyclic) bond motifs is 1. The van der Waals surface area contributed by atoms with E-state index in [1.54, 1.807) is 18.2 Å². The standard InChI is InChI=1S/C25H21F2N7O2/c1-13(14-2-4-15(26)5-3-14)32-25-21-18(11-29-24(21)30-12-31-25)22(36)17-7-8-19(34-23(17)27)33-16-6-9-20(35)28-10-16/h2-6,9-13H,7-8H2,1H3,(H,28,35)(H,33,34)(H2,29,30,31,32)/t13-/m0/s1. The summed E-state index contributed by atoms with van der Waals surface area (Å²) >= 11 is 0. The lowest BCUT2D eigenvalue weighted by Crippen LogP contribution is -2.19. The lowest BCUT2D eigenvalue weighted by atomic mass is 9.98. The second-order valence-corrected chi connectivity index (χ2v) is 8.29. The SMILES string of the molecule is C[C@H](Nc1ncnc2[nH]cc(C(=O)C3=C(F)N=C(Nc4ccc(=O)[nH]c4)CC3)c12)c1ccc(F)cc1. The average molecular weight is 489 g/mol. The van der Waals surface area contributed by atoms with Gasteiger partial charge < -0.3 is 20.6 Å². The lowest BCUT2D eigenvalue weighted by Gasteiger charge is -2.17. The van der Waals surface area contributed by atoms with Gasteiger partial charge in [0.05, 0.1) is 22.2 Å². The molecule has 0 fully saturated rings. The molecule has 0 amide bonds. The van der Waals surface area contributed by atoms with Crippen molar-refractivity contribution < 1.29 is 13.6 Å². The van der Waals surface area contributed by atoms with Gasteiger partial charge in [0.25, 0.3) is 0 Å². The van der Waals surface area contributed by atoms with Gasteiger partial charge in [0.2, 0.25) is 11.5 Å². The van der Waals surface area contributed by atoms with E-state index in [-0.39, 0.29) is 35.0 Å². The Morgan fingerprint density at radius 2 is 1.83 bits per heavy atom. The Morgan fingerprint density at radius 1 is 1.03 bits per heavy atom. The Kier molecular flexibility index (Phi) is 6.11. The predicted molar refractivity (Wildman–Crippen MR) is 132 cm³/mol. The Hall–Kier alpha value is -4.67. The van der Waals surface area contributed by atoms with Crippen LogP contribution in [0.4, 0.5) is 20.3 Å². The highest BCUT2D eigenvalue weighted by Crippen LogP contribution is 2.31. The molecule has 0 unspecified atom stereocenters. The molecule has 4 aromatic rings. The van der Waals surface area contributed by atoms with E-state index in [0.717, 1.165) is 5.56 Å². The summed E-state index contributed by atoms with van der Waals surface area (Å²) in [5.41, 5.74) is 1.71. The third-order valence-corrected chi connectivity index (χ3v) is 5.88. The summed E-state index contributed by atoms with van der Waals surface area (Å²) in [7, 11) is 0. The van der Waals surface area contributed by atoms with Crippen LogP contribution in [-0.2, 0) is 0 Å². The number of amidine groups is 1. The minimum atomic E-state index is -0.876. The molecular formula is C25H21F2N7O2. The largest absolute Gasteiger partial charge is 0.363 e. The zero-order valence-electron chi connectivity index (χ0n) is 19.1. The van der Waals surface area contributed by atoms with E-state index in [4.69, 9.17) is 0 Å². The summed E-state index contributed by atoms with van der Waals surface area (Å²) < 4.78 is 28.3. The highest BCUT2D eigenvalue weighted by Gasteiger charge is 2.26. The van der Waals surface area contributed by atoms with Crippen molar-refractivity contribution in [1.82, 2.24) is 19.9 Å². The normalized spacial score (nSPS) is 14.5. The number of H-pyrrole nitrogens is 2. The number of benzene rings is 1. The number of anilines is 2. The molecule has 1 atom stereocenters. The number of halogens is 2. The molecule has 0 spiro atoms. The number of aromatic amines is 2. The molecule has 1 aliphatic rings. The maximum atomic E-state index is 15.0. The second-order valence-electron chi connectivity index (χ2n) is 8.29. The van der Waals surface area contributed by atoms with E-state index in [2.05, 4.69) is 35.6 Å². The highest BCUT2D eigenvalue weighted by molar-refractivity contribution is 6.18. The Morgan fingerprint density at radius 3 is 2.56 bits per heavy atom. The average Bonchev–Trinajstić information content (AvgIpc) is 3.31. The number of ketones is 1. The Balaban J connectivity index is 1.42. The summed E-state index contributed by atoms with van der Waals surface area (Å²) in [5.74, 6) is -0.996. The van der Waals surface area contributed by atoms with Crippen LogP contribution in [0.3, 0.4) is 0 Å². The Labute approximate surface area is 203 Å². The van der Waals surface area contributed by atoms with E-state index < -0.39 is 11.7 Å². The maximum Gasteiger partial charge on any atom is 0.248 e. The number of pyridine rings is 1. The zero-order valence-corrected chi connectivity index (χ0v) is 19.1. The number of rotatable bonds is 6. The summed E-state index contributed by atoms with van der Waals surface area (Å²) in [6, 6.07) is 8.70. The molecule has 3 aromatic heterocycles. The fourth-order valence-electron chi connectivity index (χ4n) is 3.99. The molecule has 0 bridgehead atoms. The number of hydrogen-bond donors (Lipinski definition) is 4. The molecule has 0 aliphatic carbocycles. The van der Waals surface area contributed by atoms with Gasteiger partial charge in [-0.25, -0.2) is 19.4 Å². The van der Waals surface area contributed by atoms with Crippen LogP contribution in [-0.4, -0.2) is 31.6 Å². The van der Waals surface area contributed by atoms with Crippen molar-refractivity contribution >= 4 is 34.2 Å². The van der Waals surface area contributed by atoms with Gasteiger partial charge >= 0.3 is 0 Å². The summed E-state index contributed by atoms with van der Waals surface area (Å²) in [5, 5.41) is 6.61. The van der Waals surface area contributed by atoms with Gasteiger partial charge in [-0.15, -0.1) is 0 Å². The van der Waals surface area contributed by atoms with E-state index in [9.17, 15) is 18.4 Å². The fourth-order valence-corrected chi connectivity index (χ4v) is 3.99. The lowest BCUT2D eigenvalue weighted by molar-refractivity contribution is 0.102. The van der Waals surface area contributed by atoms with Gasteiger partial charge in [0.15, 0.2) is 5.78 Å². The molecule has 0 saturated carbocycles. The smallest absolute Gasteiger partial charge is 0.248 e. The van der Waals surface area contributed by atoms with Crippen molar-refractivity contribution in [3.63, 3.8) is 0 Å². The minimum absolute atomic E-state index is 0.0516. The van der Waals surface area contributed by atoms with E-state index in [1.807, 2.05) is 6.92 Å². The molecule has 1 aromatic carbocycles. The van der Waals surface area contributed by atoms with Crippen LogP contribution in [0.1, 0.15) is 41.7 Å². The number of carbonyl (C=O) groups excluding carboxylic acids is 1. The molecule has 0 saturated heterocycles. The van der Waals surface area contributed by atoms with Crippen LogP contribution in [0.25, 0.3) is 11.0 Å². The van der Waals surface area contributed by atoms with Crippen molar-refractivity contribution in [2.45, 2.75) is 25.8 Å². The molecule has 182 valence electrons. The van der Waals surface area contributed by atoms with Crippen molar-refractivity contribution in [3.8, 4) is 0 Å². The maximum absolute atomic E-state index is 15.0. The third kappa shape index (κ3) is 4.63. The molecule has 1 aliphatic heterocycles. The van der Waals surface area contributed by atoms with Crippen LogP contribution in [0.5, 0.6) is 0 Å². The van der Waals surface area contributed by atoms with Gasteiger partial charge in [-0.3, -0.25) is 9.59 Å². The molecule has 0 radical (unpaired) electrons. The van der Waals surface area contributed by atoms with E-state index >= 15 is 0 Å². The van der Waals surface area contributed by atoms with Gasteiger partial charge in [-0.2, -0.15) is 4.39 Å². The van der Waals surface area contributed by atoms with Gasteiger partial charge in [0.1, 0.15) is 29.4 Å². The van der Waals surface area contributed by atoms with Crippen molar-refractivity contribution in [2.75, 3.05) is 10.6 Å². The molecule has 36 heavy (non-hydrogen) atoms. The van der Waals surface area contributed by atoms with Crippen molar-refractivity contribution in [3.05, 3.63) is 93.9 Å². The fraction of sp³-hybridized carbons (Fsp3) is 0.160. The predicted octanol–water partition coefficient (Wildman–Crippen LogP) is 4.63. The third-order valence-electron chi connectivity index (χ3n) is 5.88. The number of nitrogens with zero attached hydrogens (tertiary/aromatic N) is 3.